The summed E-state index contributed by atoms with van der Waals surface area (Å²) in [6.07, 6.45) is -0.327. The molecule has 0 unspecified atom stereocenters. The summed E-state index contributed by atoms with van der Waals surface area (Å²) in [4.78, 5) is 190. The fourth-order valence-electron chi connectivity index (χ4n) is 12.8. The summed E-state index contributed by atoms with van der Waals surface area (Å²) in [6.45, 7) is 18.2. The normalized spacial score (nSPS) is 24.7. The summed E-state index contributed by atoms with van der Waals surface area (Å²) >= 11 is 6.56. The molecule has 0 bridgehead atoms. The minimum absolute atomic E-state index is 0.00966. The molecule has 3 aromatic carbocycles. The Morgan fingerprint density at radius 2 is 1.02 bits per heavy atom. The zero-order chi connectivity index (χ0) is 77.1. The lowest BCUT2D eigenvalue weighted by molar-refractivity contribution is -0.155. The van der Waals surface area contributed by atoms with E-state index >= 15 is 28.8 Å². The number of rotatable bonds is 15. The van der Waals surface area contributed by atoms with Crippen LogP contribution in [0.4, 0.5) is 0 Å². The second-order valence-corrected chi connectivity index (χ2v) is 30.3. The smallest absolute Gasteiger partial charge is 0.248 e. The number of ether oxygens (including phenoxy) is 1. The van der Waals surface area contributed by atoms with Gasteiger partial charge in [-0.2, -0.15) is 0 Å². The molecule has 5 rings (SSSR count). The van der Waals surface area contributed by atoms with Gasteiger partial charge in [-0.25, -0.2) is 0 Å². The number of carbonyl (C=O) groups excluding carboxylic acids is 12. The van der Waals surface area contributed by atoms with Crippen molar-refractivity contribution in [2.45, 2.75) is 206 Å². The number of likely N-dealkylation sites (tertiary alicyclic amines) is 1. The molecule has 103 heavy (non-hydrogen) atoms. The highest BCUT2D eigenvalue weighted by Gasteiger charge is 2.45. The SMILES string of the molecule is CC(C)C[C@H]1C(=O)N[C@@H]([C@@H](C)O)C(=O)N(C)CC(=O)N(C)[C@@H](C(C)C)C(=O)N[C@@H](Cc2ccccc2)C(=O)N(C)[C@@H](Cc2cccc(Cl)c2)C(=O)N(C)[C@@H](CC(C)C)C(=O)N(C)[C@H](C(=O)N2CCCCC2)CC(=O)N(C)[C@H](C)C(=O)N[C@@H](Cc2ccccc2)C(=O)N[C@@H](COC(C)(C)C)C(=O)N1C. The lowest BCUT2D eigenvalue weighted by atomic mass is 9.96. The minimum Gasteiger partial charge on any atom is -0.391 e. The highest BCUT2D eigenvalue weighted by molar-refractivity contribution is 6.30. The van der Waals surface area contributed by atoms with Crippen molar-refractivity contribution < 1.29 is 67.4 Å². The van der Waals surface area contributed by atoms with Gasteiger partial charge in [-0.15, -0.1) is 0 Å². The number of nitrogens with one attached hydrogen (secondary N) is 4. The third-order valence-corrected chi connectivity index (χ3v) is 19.4. The van der Waals surface area contributed by atoms with Crippen molar-refractivity contribution in [3.05, 3.63) is 107 Å². The van der Waals surface area contributed by atoms with Gasteiger partial charge in [0.2, 0.25) is 70.9 Å². The van der Waals surface area contributed by atoms with Crippen LogP contribution in [0, 0.1) is 17.8 Å². The standard InChI is InChI=1S/C76H113ClN12O14/c1-46(2)37-58-68(95)81-64(50(8)90)75(102)82(12)44-63(92)88(18)65(48(5)6)69(96)79-56(41-52-31-24-20-25-32-52)70(97)85(15)60(42-53-33-28-34-54(77)39-53)73(100)86(16)59(38-47(3)4)72(99)87(17)61(74(101)89-35-26-21-27-36-89)43-62(91)83(13)49(7)66(93)78-55(40-51-29-22-19-23-30-51)67(94)80-57(71(98)84(58)14)45-103-76(9,10)11/h19-20,22-25,28-34,39,46-50,55-61,64-65,90H,21,26-27,35-38,40-45H2,1-18H3,(H,78,93)(H,79,96)(H,80,94)(H,81,95)/t49-,50-,55+,56+,57+,58+,59+,60+,61+,64+,65+/m1/s1. The van der Waals surface area contributed by atoms with E-state index < -0.39 is 168 Å². The highest BCUT2D eigenvalue weighted by atomic mass is 35.5. The first-order valence-electron chi connectivity index (χ1n) is 35.7. The maximum absolute atomic E-state index is 15.8. The van der Waals surface area contributed by atoms with Crippen LogP contribution in [-0.4, -0.2) is 263 Å². The van der Waals surface area contributed by atoms with Crippen molar-refractivity contribution in [2.24, 2.45) is 17.8 Å². The summed E-state index contributed by atoms with van der Waals surface area (Å²) < 4.78 is 6.14. The molecule has 26 nitrogen and oxygen atoms in total. The van der Waals surface area contributed by atoms with E-state index in [0.29, 0.717) is 47.6 Å². The van der Waals surface area contributed by atoms with E-state index in [1.165, 1.54) is 77.9 Å². The Labute approximate surface area is 613 Å². The number of aliphatic hydroxyl groups is 1. The van der Waals surface area contributed by atoms with E-state index in [1.54, 1.807) is 138 Å². The van der Waals surface area contributed by atoms with E-state index in [4.69, 9.17) is 16.3 Å². The van der Waals surface area contributed by atoms with Gasteiger partial charge in [-0.3, -0.25) is 57.5 Å². The van der Waals surface area contributed by atoms with Gasteiger partial charge in [0.1, 0.15) is 60.4 Å². The number of benzene rings is 3. The van der Waals surface area contributed by atoms with Crippen LogP contribution in [0.1, 0.15) is 131 Å². The van der Waals surface area contributed by atoms with Crippen molar-refractivity contribution in [1.29, 1.82) is 0 Å². The number of hydrogen-bond donors (Lipinski definition) is 5. The summed E-state index contributed by atoms with van der Waals surface area (Å²) in [7, 11) is 9.58. The van der Waals surface area contributed by atoms with Crippen LogP contribution in [0.25, 0.3) is 0 Å². The van der Waals surface area contributed by atoms with Crippen molar-refractivity contribution in [1.82, 2.24) is 60.5 Å². The van der Waals surface area contributed by atoms with E-state index in [1.807, 2.05) is 13.8 Å². The molecule has 0 aromatic heterocycles. The molecule has 3 aromatic rings. The largest absolute Gasteiger partial charge is 0.391 e. The molecule has 0 radical (unpaired) electrons. The van der Waals surface area contributed by atoms with Crippen LogP contribution in [0.3, 0.4) is 0 Å². The van der Waals surface area contributed by atoms with Crippen molar-refractivity contribution >= 4 is 82.5 Å². The Morgan fingerprint density at radius 1 is 0.524 bits per heavy atom. The number of carbonyl (C=O) groups is 12. The Hall–Kier alpha value is -8.49. The van der Waals surface area contributed by atoms with Gasteiger partial charge in [-0.05, 0) is 113 Å². The van der Waals surface area contributed by atoms with Crippen molar-refractivity contribution in [2.75, 3.05) is 75.6 Å². The lowest BCUT2D eigenvalue weighted by Gasteiger charge is -2.40. The number of hydrogen-bond acceptors (Lipinski definition) is 14. The summed E-state index contributed by atoms with van der Waals surface area (Å²) in [6, 6.07) is 10.1. The average molecular weight is 1450 g/mol. The lowest BCUT2D eigenvalue weighted by Crippen LogP contribution is -2.62. The summed E-state index contributed by atoms with van der Waals surface area (Å²) in [5, 5.41) is 22.7. The van der Waals surface area contributed by atoms with Gasteiger partial charge in [0.05, 0.1) is 31.3 Å². The summed E-state index contributed by atoms with van der Waals surface area (Å²) in [5.41, 5.74) is 0.882. The number of nitrogens with zero attached hydrogens (tertiary/aromatic N) is 8. The molecular formula is C76H113ClN12O14. The van der Waals surface area contributed by atoms with Crippen LogP contribution >= 0.6 is 11.6 Å². The maximum atomic E-state index is 15.8. The Balaban J connectivity index is 1.71. The van der Waals surface area contributed by atoms with Crippen LogP contribution < -0.4 is 21.3 Å². The molecule has 27 heteroatoms. The Bertz CT molecular complexity index is 3420. The predicted molar refractivity (Wildman–Crippen MR) is 392 cm³/mol. The van der Waals surface area contributed by atoms with Crippen LogP contribution in [0.15, 0.2) is 84.9 Å². The number of halogens is 1. The molecular weight excluding hydrogens is 1340 g/mol. The van der Waals surface area contributed by atoms with Crippen LogP contribution in [0.2, 0.25) is 5.02 Å². The minimum atomic E-state index is -1.69. The van der Waals surface area contributed by atoms with E-state index in [-0.39, 0.29) is 43.9 Å². The average Bonchev–Trinajstić information content (AvgIpc) is 0.820. The highest BCUT2D eigenvalue weighted by Crippen LogP contribution is 2.25. The molecule has 568 valence electrons. The molecule has 2 aliphatic rings. The maximum Gasteiger partial charge on any atom is 0.248 e. The Morgan fingerprint density at radius 3 is 1.55 bits per heavy atom. The molecule has 0 spiro atoms. The van der Waals surface area contributed by atoms with Crippen molar-refractivity contribution in [3.8, 4) is 0 Å². The molecule has 0 saturated carbocycles. The molecule has 2 fully saturated rings. The number of piperidine rings is 1. The molecule has 0 aliphatic carbocycles. The van der Waals surface area contributed by atoms with Gasteiger partial charge in [0, 0.05) is 86.7 Å². The van der Waals surface area contributed by atoms with Gasteiger partial charge < -0.3 is 70.3 Å². The molecule has 5 N–H and O–H groups in total. The van der Waals surface area contributed by atoms with E-state index in [0.717, 1.165) is 26.0 Å². The number of aliphatic hydroxyl groups excluding tert-OH is 1. The third-order valence-electron chi connectivity index (χ3n) is 19.1. The van der Waals surface area contributed by atoms with Gasteiger partial charge >= 0.3 is 0 Å². The summed E-state index contributed by atoms with van der Waals surface area (Å²) in [5.74, 6) is -10.3. The Kier molecular flexibility index (Phi) is 32.1. The van der Waals surface area contributed by atoms with Gasteiger partial charge in [-0.1, -0.05) is 126 Å². The second kappa shape index (κ2) is 38.9. The number of amides is 12. The van der Waals surface area contributed by atoms with E-state index in [2.05, 4.69) is 21.3 Å². The van der Waals surface area contributed by atoms with Crippen LogP contribution in [0.5, 0.6) is 0 Å². The fraction of sp³-hybridized carbons (Fsp3) is 0.605. The second-order valence-electron chi connectivity index (χ2n) is 29.8. The zero-order valence-electron chi connectivity index (χ0n) is 63.6. The molecule has 2 aliphatic heterocycles. The molecule has 2 saturated heterocycles. The van der Waals surface area contributed by atoms with Gasteiger partial charge in [0.15, 0.2) is 0 Å². The first-order valence-corrected chi connectivity index (χ1v) is 36.1. The first kappa shape index (κ1) is 85.2. The van der Waals surface area contributed by atoms with Crippen molar-refractivity contribution in [3.63, 3.8) is 0 Å². The number of likely N-dealkylation sites (N-methyl/N-ethyl adjacent to an activating group) is 7. The fourth-order valence-corrected chi connectivity index (χ4v) is 13.0. The van der Waals surface area contributed by atoms with Crippen LogP contribution in [-0.2, 0) is 81.5 Å². The van der Waals surface area contributed by atoms with Gasteiger partial charge in [0.25, 0.3) is 0 Å². The predicted octanol–water partition coefficient (Wildman–Crippen LogP) is 4.11. The molecule has 11 atom stereocenters. The zero-order valence-corrected chi connectivity index (χ0v) is 64.3. The topological polar surface area (TPSA) is 308 Å². The quantitative estimate of drug-likeness (QED) is 0.143. The van der Waals surface area contributed by atoms with E-state index in [9.17, 15) is 33.9 Å². The third kappa shape index (κ3) is 24.3. The molecule has 2 heterocycles. The molecule has 12 amide bonds. The monoisotopic (exact) mass is 1450 g/mol. The first-order chi connectivity index (χ1) is 48.2.